The summed E-state index contributed by atoms with van der Waals surface area (Å²) in [5.74, 6) is -0.761. The third kappa shape index (κ3) is 16.3. The lowest BCUT2D eigenvalue weighted by Gasteiger charge is -2.51. The molecule has 15 rings (SSSR count). The van der Waals surface area contributed by atoms with Gasteiger partial charge in [0.25, 0.3) is 0 Å². The molecule has 0 unspecified atom stereocenters. The van der Waals surface area contributed by atoms with Gasteiger partial charge in [-0.05, 0) is 272 Å². The van der Waals surface area contributed by atoms with E-state index in [-0.39, 0.29) is 33.7 Å². The van der Waals surface area contributed by atoms with E-state index in [0.29, 0.717) is 30.7 Å². The zero-order valence-electron chi connectivity index (χ0n) is 67.5. The molecule has 0 radical (unpaired) electrons. The quantitative estimate of drug-likeness (QED) is 0.0298. The molecule has 8 atom stereocenters. The van der Waals surface area contributed by atoms with Crippen LogP contribution in [0.25, 0.3) is 35.3 Å². The number of halogens is 4. The summed E-state index contributed by atoms with van der Waals surface area (Å²) in [6.07, 6.45) is 26.8. The number of fused-ring (bicyclic) bond motifs is 6. The SMILES string of the molecule is Brc1ccccn1.CC[Si](CC)(CC)O[C@@]1(CC=O)CCC2=Cc3c(cnn3-c3ccc(F)cc3)C[C@@]21C.CC[Si](CC)(CC)O[C@@]1(C[C@@H](O)c2ccccn2)CCC2=Cc3c(cnn3-c3ccc(F)cc3)C[C@@]21C.CC[Si](CC)(CC)O[C@@]1(C[C@H](O)c2ccccn2)CCC2=Cc3c(cnn3-c3ccc(F)cc3)C[C@@]21C. The molecule has 6 aliphatic rings. The second kappa shape index (κ2) is 34.8. The van der Waals surface area contributed by atoms with Crippen LogP contribution in [0.2, 0.25) is 54.4 Å². The van der Waals surface area contributed by atoms with Gasteiger partial charge in [-0.15, -0.1) is 0 Å². The fourth-order valence-corrected chi connectivity index (χ4v) is 29.1. The Morgan fingerprint density at radius 1 is 0.438 bits per heavy atom. The Morgan fingerprint density at radius 2 is 0.732 bits per heavy atom. The molecule has 3 fully saturated rings. The first-order chi connectivity index (χ1) is 53.8. The van der Waals surface area contributed by atoms with Crippen molar-refractivity contribution in [3.8, 4) is 17.1 Å². The lowest BCUT2D eigenvalue weighted by Crippen LogP contribution is -2.55. The summed E-state index contributed by atoms with van der Waals surface area (Å²) in [5.41, 5.74) is 12.5. The highest BCUT2D eigenvalue weighted by molar-refractivity contribution is 9.10. The van der Waals surface area contributed by atoms with Crippen LogP contribution >= 0.6 is 15.9 Å². The van der Waals surface area contributed by atoms with Crippen molar-refractivity contribution >= 4 is 65.4 Å². The van der Waals surface area contributed by atoms with Crippen LogP contribution in [-0.4, -0.2) is 103 Å². The van der Waals surface area contributed by atoms with Crippen LogP contribution in [0, 0.1) is 33.7 Å². The first-order valence-electron chi connectivity index (χ1n) is 40.7. The predicted molar refractivity (Wildman–Crippen MR) is 451 cm³/mol. The smallest absolute Gasteiger partial charge is 0.192 e. The van der Waals surface area contributed by atoms with Crippen LogP contribution in [0.15, 0.2) is 186 Å². The van der Waals surface area contributed by atoms with E-state index in [2.05, 4.69) is 137 Å². The highest BCUT2D eigenvalue weighted by Crippen LogP contribution is 2.64. The second-order valence-corrected chi connectivity index (χ2v) is 47.2. The van der Waals surface area contributed by atoms with Crippen molar-refractivity contribution in [3.05, 3.63) is 249 Å². The molecule has 594 valence electrons. The summed E-state index contributed by atoms with van der Waals surface area (Å²) >= 11 is 3.20. The molecule has 15 nitrogen and oxygen atoms in total. The lowest BCUT2D eigenvalue weighted by molar-refractivity contribution is -0.115. The molecule has 3 saturated carbocycles. The number of aliphatic hydroxyl groups excluding tert-OH is 2. The van der Waals surface area contributed by atoms with Crippen molar-refractivity contribution in [2.45, 2.75) is 244 Å². The van der Waals surface area contributed by atoms with Gasteiger partial charge >= 0.3 is 0 Å². The summed E-state index contributed by atoms with van der Waals surface area (Å²) in [7, 11) is -5.91. The average Bonchev–Trinajstić information content (AvgIpc) is 1.56. The molecule has 6 aromatic heterocycles. The number of hydrogen-bond acceptors (Lipinski definition) is 12. The first-order valence-corrected chi connectivity index (χ1v) is 49.1. The van der Waals surface area contributed by atoms with Crippen molar-refractivity contribution in [2.75, 3.05) is 0 Å². The molecule has 9 aromatic rings. The van der Waals surface area contributed by atoms with E-state index in [4.69, 9.17) is 23.5 Å². The zero-order valence-corrected chi connectivity index (χ0v) is 72.1. The number of aromatic nitrogens is 9. The zero-order chi connectivity index (χ0) is 79.9. The molecule has 6 aliphatic carbocycles. The van der Waals surface area contributed by atoms with Crippen LogP contribution in [0.3, 0.4) is 0 Å². The van der Waals surface area contributed by atoms with Gasteiger partial charge in [0.05, 0.1) is 93.1 Å². The minimum absolute atomic E-state index is 0.213. The maximum Gasteiger partial charge on any atom is 0.192 e. The molecule has 0 amide bonds. The van der Waals surface area contributed by atoms with Crippen molar-refractivity contribution in [1.29, 1.82) is 0 Å². The largest absolute Gasteiger partial charge is 0.410 e. The number of benzene rings is 3. The van der Waals surface area contributed by atoms with Gasteiger partial charge in [-0.1, -0.05) is 118 Å². The van der Waals surface area contributed by atoms with Crippen molar-refractivity contribution in [2.24, 2.45) is 16.2 Å². The minimum atomic E-state index is -2.01. The lowest BCUT2D eigenvalue weighted by atomic mass is 9.65. The predicted octanol–water partition coefficient (Wildman–Crippen LogP) is 22.0. The Labute approximate surface area is 672 Å². The molecule has 0 spiro atoms. The van der Waals surface area contributed by atoms with Crippen LogP contribution in [0.5, 0.6) is 0 Å². The van der Waals surface area contributed by atoms with Gasteiger partial charge in [0, 0.05) is 54.1 Å². The average molecular weight is 1640 g/mol. The van der Waals surface area contributed by atoms with E-state index in [0.717, 1.165) is 174 Å². The summed E-state index contributed by atoms with van der Waals surface area (Å²) < 4.78 is 69.2. The molecule has 22 heteroatoms. The third-order valence-corrected chi connectivity index (χ3v) is 41.7. The number of hydrogen-bond donors (Lipinski definition) is 2. The Balaban J connectivity index is 0.000000149. The molecular weight excluding hydrogens is 1520 g/mol. The van der Waals surface area contributed by atoms with Crippen molar-refractivity contribution < 1.29 is 41.5 Å². The normalized spacial score (nSPS) is 23.3. The number of pyridine rings is 3. The van der Waals surface area contributed by atoms with E-state index in [1.807, 2.05) is 87.2 Å². The maximum absolute atomic E-state index is 13.6. The fraction of sp³-hybridized carbons (Fsp3) is 0.456. The van der Waals surface area contributed by atoms with Gasteiger partial charge in [0.15, 0.2) is 25.0 Å². The van der Waals surface area contributed by atoms with Gasteiger partial charge < -0.3 is 28.3 Å². The maximum atomic E-state index is 13.6. The fourth-order valence-electron chi connectivity index (χ4n) is 19.3. The van der Waals surface area contributed by atoms with E-state index in [1.165, 1.54) is 53.1 Å². The van der Waals surface area contributed by atoms with Gasteiger partial charge in [-0.25, -0.2) is 32.2 Å². The highest BCUT2D eigenvalue weighted by atomic mass is 79.9. The van der Waals surface area contributed by atoms with Crippen molar-refractivity contribution in [1.82, 2.24) is 44.3 Å². The van der Waals surface area contributed by atoms with E-state index in [1.54, 1.807) is 55.0 Å². The van der Waals surface area contributed by atoms with Gasteiger partial charge in [0.2, 0.25) is 0 Å². The molecule has 112 heavy (non-hydrogen) atoms. The molecule has 0 bridgehead atoms. The van der Waals surface area contributed by atoms with Crippen LogP contribution < -0.4 is 0 Å². The monoisotopic (exact) mass is 1640 g/mol. The third-order valence-electron chi connectivity index (χ3n) is 27.2. The summed E-state index contributed by atoms with van der Waals surface area (Å²) in [5, 5.41) is 36.9. The Morgan fingerprint density at radius 3 is 1.00 bits per heavy atom. The minimum Gasteiger partial charge on any atom is -0.410 e. The number of aliphatic hydroxyl groups is 2. The number of rotatable bonds is 26. The second-order valence-electron chi connectivity index (χ2n) is 32.4. The number of carbonyl (C=O) groups excluding carboxylic acids is 1. The van der Waals surface area contributed by atoms with Gasteiger partial charge in [-0.3, -0.25) is 9.97 Å². The standard InChI is InChI=1S/2C30H38FN3O2Si.C25H33FN2O2Si.C5H4BrN/c2*1-5-37(6-2,7-3)36-30(20-28(35)26-10-8-9-17-32-26)16-15-23-18-27-22(19-29(23,30)4)21-33-34(27)25-13-11-24(31)12-14-25;1-5-31(6-2,7-3)30-25(14-15-29)13-12-20-16-23-19(17-24(20,25)4)18-27-28(23)22-10-8-21(26)9-11-22;6-5-3-1-2-4-7-5/h2*8-14,17-18,21,28,35H,5-7,15-16,19-20H2,1-4H3;8-11,15-16,18H,5-7,12-14,17H2,1-4H3;1-4H/t28-,29+,30-;28-,29-,30+;24-,25+;/m100./s1. The summed E-state index contributed by atoms with van der Waals surface area (Å²) in [4.78, 5) is 24.7. The number of carbonyl (C=O) groups is 1. The molecular formula is C90H113BrF3N9O6Si3. The molecule has 0 saturated heterocycles. The van der Waals surface area contributed by atoms with Crippen LogP contribution in [0.1, 0.15) is 198 Å². The van der Waals surface area contributed by atoms with E-state index in [9.17, 15) is 28.2 Å². The van der Waals surface area contributed by atoms with Gasteiger partial charge in [0.1, 0.15) is 28.3 Å². The number of nitrogens with zero attached hydrogens (tertiary/aromatic N) is 9. The van der Waals surface area contributed by atoms with E-state index < -0.39 is 54.0 Å². The topological polar surface area (TPSA) is 177 Å². The first kappa shape index (κ1) is 83.8. The number of aldehydes is 1. The Kier molecular flexibility index (Phi) is 26.0. The molecule has 6 heterocycles. The molecule has 3 aromatic carbocycles. The van der Waals surface area contributed by atoms with Gasteiger partial charge in [-0.2, -0.15) is 15.3 Å². The summed E-state index contributed by atoms with van der Waals surface area (Å²) in [6.45, 7) is 27.3. The Bertz CT molecular complexity index is 4540. The molecule has 0 aliphatic heterocycles. The van der Waals surface area contributed by atoms with Crippen LogP contribution in [-0.2, 0) is 37.3 Å². The van der Waals surface area contributed by atoms with Crippen LogP contribution in [0.4, 0.5) is 13.2 Å². The van der Waals surface area contributed by atoms with Crippen molar-refractivity contribution in [3.63, 3.8) is 0 Å². The highest BCUT2D eigenvalue weighted by Gasteiger charge is 2.63. The van der Waals surface area contributed by atoms with E-state index >= 15 is 0 Å². The Hall–Kier alpha value is -7.65. The summed E-state index contributed by atoms with van der Waals surface area (Å²) in [6, 6.07) is 46.1. The molecule has 2 N–H and O–H groups in total.